The molecule has 0 fully saturated rings. The van der Waals surface area contributed by atoms with Gasteiger partial charge in [0.2, 0.25) is 6.10 Å². The minimum atomic E-state index is -0.657. The maximum atomic E-state index is 12.0. The molecule has 1 N–H and O–H groups in total. The van der Waals surface area contributed by atoms with E-state index >= 15 is 0 Å². The maximum Gasteiger partial charge on any atom is 0.269 e. The lowest BCUT2D eigenvalue weighted by Gasteiger charge is -2.25. The van der Waals surface area contributed by atoms with Crippen LogP contribution in [0.15, 0.2) is 36.7 Å². The van der Waals surface area contributed by atoms with Gasteiger partial charge in [-0.05, 0) is 12.1 Å². The first-order chi connectivity index (χ1) is 9.22. The van der Waals surface area contributed by atoms with Crippen LogP contribution in [0, 0.1) is 0 Å². The number of carbonyl (C=O) groups excluding carboxylic acids is 1. The molecule has 1 aromatic carbocycles. The molecule has 19 heavy (non-hydrogen) atoms. The normalized spacial score (nSPS) is 17.0. The van der Waals surface area contributed by atoms with Crippen LogP contribution in [0.25, 0.3) is 0 Å². The molecule has 0 aliphatic carbocycles. The number of ether oxygens (including phenoxy) is 2. The molecule has 98 valence electrons. The Morgan fingerprint density at radius 3 is 2.95 bits per heavy atom. The molecule has 0 saturated carbocycles. The van der Waals surface area contributed by atoms with Crippen LogP contribution >= 0.6 is 0 Å². The summed E-state index contributed by atoms with van der Waals surface area (Å²) in [6.45, 7) is 0.198. The van der Waals surface area contributed by atoms with Gasteiger partial charge < -0.3 is 14.8 Å². The zero-order chi connectivity index (χ0) is 13.2. The number of aromatic nitrogens is 2. The molecule has 1 atom stereocenters. The number of hydrogen-bond acceptors (Lipinski definition) is 4. The third-order valence-electron chi connectivity index (χ3n) is 2.77. The molecule has 6 heteroatoms. The van der Waals surface area contributed by atoms with Gasteiger partial charge in [0.05, 0.1) is 11.9 Å². The first-order valence-electron chi connectivity index (χ1n) is 5.90. The van der Waals surface area contributed by atoms with Crippen molar-refractivity contribution >= 4 is 11.6 Å². The molecule has 0 radical (unpaired) electrons. The second kappa shape index (κ2) is 4.64. The van der Waals surface area contributed by atoms with Gasteiger partial charge in [-0.3, -0.25) is 9.48 Å². The highest BCUT2D eigenvalue weighted by molar-refractivity contribution is 5.94. The fourth-order valence-corrected chi connectivity index (χ4v) is 1.86. The second-order valence-corrected chi connectivity index (χ2v) is 4.26. The Morgan fingerprint density at radius 2 is 2.21 bits per heavy atom. The van der Waals surface area contributed by atoms with Crippen LogP contribution in [0.2, 0.25) is 0 Å². The van der Waals surface area contributed by atoms with Crippen molar-refractivity contribution in [3.63, 3.8) is 0 Å². The summed E-state index contributed by atoms with van der Waals surface area (Å²) in [6, 6.07) is 7.28. The molecule has 6 nitrogen and oxygen atoms in total. The van der Waals surface area contributed by atoms with Gasteiger partial charge in [-0.1, -0.05) is 12.1 Å². The average molecular weight is 259 g/mol. The number of para-hydroxylation sites is 2. The number of carbonyl (C=O) groups is 1. The summed E-state index contributed by atoms with van der Waals surface area (Å²) >= 11 is 0. The van der Waals surface area contributed by atoms with Gasteiger partial charge in [-0.25, -0.2) is 0 Å². The van der Waals surface area contributed by atoms with Crippen molar-refractivity contribution < 1.29 is 14.3 Å². The van der Waals surface area contributed by atoms with Crippen molar-refractivity contribution in [3.8, 4) is 11.5 Å². The molecular formula is C13H13N3O3. The quantitative estimate of drug-likeness (QED) is 0.880. The number of nitrogens with one attached hydrogen (secondary N) is 1. The van der Waals surface area contributed by atoms with Crippen molar-refractivity contribution in [2.45, 2.75) is 6.10 Å². The van der Waals surface area contributed by atoms with Crippen LogP contribution in [0.4, 0.5) is 5.69 Å². The van der Waals surface area contributed by atoms with Crippen LogP contribution in [0.5, 0.6) is 11.5 Å². The topological polar surface area (TPSA) is 65.4 Å². The van der Waals surface area contributed by atoms with Crippen molar-refractivity contribution in [1.82, 2.24) is 9.78 Å². The Kier molecular flexibility index (Phi) is 2.83. The fourth-order valence-electron chi connectivity index (χ4n) is 1.86. The lowest BCUT2D eigenvalue weighted by atomic mass is 10.2. The standard InChI is InChI=1S/C13H13N3O3/c1-16-7-9(6-14-16)15-13(17)12-8-18-10-4-2-3-5-11(10)19-12/h2-7,12H,8H2,1H3,(H,15,17)/t12-/m1/s1. The zero-order valence-corrected chi connectivity index (χ0v) is 10.4. The summed E-state index contributed by atoms with van der Waals surface area (Å²) in [5, 5.41) is 6.72. The maximum absolute atomic E-state index is 12.0. The minimum Gasteiger partial charge on any atom is -0.485 e. The average Bonchev–Trinajstić information content (AvgIpc) is 2.83. The van der Waals surface area contributed by atoms with E-state index in [1.54, 1.807) is 30.2 Å². The molecule has 0 unspecified atom stereocenters. The molecule has 0 bridgehead atoms. The summed E-state index contributed by atoms with van der Waals surface area (Å²) in [5.41, 5.74) is 0.634. The summed E-state index contributed by atoms with van der Waals surface area (Å²) in [6.07, 6.45) is 2.64. The zero-order valence-electron chi connectivity index (χ0n) is 10.4. The number of nitrogens with zero attached hydrogens (tertiary/aromatic N) is 2. The number of fused-ring (bicyclic) bond motifs is 1. The van der Waals surface area contributed by atoms with Crippen molar-refractivity contribution in [2.24, 2.45) is 7.05 Å². The van der Waals surface area contributed by atoms with Crippen LogP contribution in [0.3, 0.4) is 0 Å². The fraction of sp³-hybridized carbons (Fsp3) is 0.231. The number of anilines is 1. The van der Waals surface area contributed by atoms with Crippen LogP contribution < -0.4 is 14.8 Å². The van der Waals surface area contributed by atoms with Gasteiger partial charge in [0.15, 0.2) is 11.5 Å². The SMILES string of the molecule is Cn1cc(NC(=O)[C@H]2COc3ccccc3O2)cn1. The van der Waals surface area contributed by atoms with E-state index in [1.807, 2.05) is 18.2 Å². The van der Waals surface area contributed by atoms with E-state index in [-0.39, 0.29) is 12.5 Å². The third-order valence-corrected chi connectivity index (χ3v) is 2.77. The van der Waals surface area contributed by atoms with Gasteiger partial charge >= 0.3 is 0 Å². The highest BCUT2D eigenvalue weighted by Gasteiger charge is 2.27. The van der Waals surface area contributed by atoms with Crippen LogP contribution in [0.1, 0.15) is 0 Å². The van der Waals surface area contributed by atoms with E-state index in [0.29, 0.717) is 17.2 Å². The van der Waals surface area contributed by atoms with E-state index in [9.17, 15) is 4.79 Å². The Balaban J connectivity index is 1.69. The largest absolute Gasteiger partial charge is 0.485 e. The van der Waals surface area contributed by atoms with Gasteiger partial charge in [-0.2, -0.15) is 5.10 Å². The second-order valence-electron chi connectivity index (χ2n) is 4.26. The molecule has 1 aliphatic rings. The Morgan fingerprint density at radius 1 is 1.42 bits per heavy atom. The summed E-state index contributed by atoms with van der Waals surface area (Å²) in [4.78, 5) is 12.0. The number of aryl methyl sites for hydroxylation is 1. The third kappa shape index (κ3) is 2.37. The Hall–Kier alpha value is -2.50. The van der Waals surface area contributed by atoms with E-state index < -0.39 is 6.10 Å². The van der Waals surface area contributed by atoms with E-state index in [1.165, 1.54) is 0 Å². The first-order valence-corrected chi connectivity index (χ1v) is 5.90. The number of amides is 1. The van der Waals surface area contributed by atoms with Crippen molar-refractivity contribution in [3.05, 3.63) is 36.7 Å². The summed E-state index contributed by atoms with van der Waals surface area (Å²) in [5.74, 6) is 0.996. The lowest BCUT2D eigenvalue weighted by molar-refractivity contribution is -0.125. The minimum absolute atomic E-state index is 0.198. The van der Waals surface area contributed by atoms with Crippen molar-refractivity contribution in [1.29, 1.82) is 0 Å². The predicted octanol–water partition coefficient (Wildman–Crippen LogP) is 1.20. The van der Waals surface area contributed by atoms with Gasteiger partial charge in [0.1, 0.15) is 6.61 Å². The van der Waals surface area contributed by atoms with E-state index in [4.69, 9.17) is 9.47 Å². The summed E-state index contributed by atoms with van der Waals surface area (Å²) in [7, 11) is 1.78. The smallest absolute Gasteiger partial charge is 0.269 e. The van der Waals surface area contributed by atoms with E-state index in [0.717, 1.165) is 0 Å². The Bertz CT molecular complexity index is 609. The lowest BCUT2D eigenvalue weighted by Crippen LogP contribution is -2.40. The van der Waals surface area contributed by atoms with E-state index in [2.05, 4.69) is 10.4 Å². The van der Waals surface area contributed by atoms with Crippen LogP contribution in [-0.2, 0) is 11.8 Å². The molecule has 2 aromatic rings. The highest BCUT2D eigenvalue weighted by atomic mass is 16.6. The molecule has 3 rings (SSSR count). The molecule has 1 aromatic heterocycles. The highest BCUT2D eigenvalue weighted by Crippen LogP contribution is 2.31. The van der Waals surface area contributed by atoms with Crippen LogP contribution in [-0.4, -0.2) is 28.4 Å². The number of rotatable bonds is 2. The molecule has 1 aliphatic heterocycles. The number of benzene rings is 1. The molecule has 1 amide bonds. The molecule has 0 spiro atoms. The van der Waals surface area contributed by atoms with Gasteiger partial charge in [0, 0.05) is 13.2 Å². The predicted molar refractivity (Wildman–Crippen MR) is 68.2 cm³/mol. The Labute approximate surface area is 109 Å². The van der Waals surface area contributed by atoms with Crippen molar-refractivity contribution in [2.75, 3.05) is 11.9 Å². The summed E-state index contributed by atoms with van der Waals surface area (Å²) < 4.78 is 12.7. The molecular weight excluding hydrogens is 246 g/mol. The first kappa shape index (κ1) is 11.6. The molecule has 0 saturated heterocycles. The van der Waals surface area contributed by atoms with Gasteiger partial charge in [0.25, 0.3) is 5.91 Å². The van der Waals surface area contributed by atoms with Gasteiger partial charge in [-0.15, -0.1) is 0 Å². The monoisotopic (exact) mass is 259 g/mol. The number of hydrogen-bond donors (Lipinski definition) is 1. The molecule has 2 heterocycles.